The average molecular weight is 484 g/mol. The number of nitrogens with one attached hydrogen (secondary N) is 1. The molecule has 0 aromatic heterocycles. The first kappa shape index (κ1) is 22.5. The van der Waals surface area contributed by atoms with Crippen molar-refractivity contribution in [3.8, 4) is 23.0 Å². The van der Waals surface area contributed by atoms with Crippen LogP contribution >= 0.6 is 0 Å². The second kappa shape index (κ2) is 8.63. The first-order valence-electron chi connectivity index (χ1n) is 12.2. The number of methoxy groups -OCH3 is 2. The number of benzene rings is 3. The second-order valence-corrected chi connectivity index (χ2v) is 9.73. The van der Waals surface area contributed by atoms with Gasteiger partial charge in [-0.2, -0.15) is 0 Å². The molecule has 0 spiro atoms. The van der Waals surface area contributed by atoms with Crippen LogP contribution in [0.25, 0.3) is 0 Å². The van der Waals surface area contributed by atoms with Crippen molar-refractivity contribution in [1.29, 1.82) is 0 Å². The van der Waals surface area contributed by atoms with E-state index in [2.05, 4.69) is 37.4 Å². The lowest BCUT2D eigenvalue weighted by Gasteiger charge is -2.37. The third-order valence-electron chi connectivity index (χ3n) is 7.68. The number of rotatable bonds is 4. The molecule has 0 saturated carbocycles. The zero-order chi connectivity index (χ0) is 25.0. The van der Waals surface area contributed by atoms with Gasteiger partial charge in [0, 0.05) is 35.4 Å². The van der Waals surface area contributed by atoms with E-state index in [0.29, 0.717) is 17.9 Å². The number of carbonyl (C=O) groups excluding carboxylic acids is 1. The Morgan fingerprint density at radius 1 is 0.833 bits per heavy atom. The van der Waals surface area contributed by atoms with Crippen molar-refractivity contribution < 1.29 is 23.7 Å². The van der Waals surface area contributed by atoms with Gasteiger partial charge in [-0.05, 0) is 72.2 Å². The van der Waals surface area contributed by atoms with Crippen LogP contribution in [0.5, 0.6) is 23.0 Å². The minimum absolute atomic E-state index is 0.0412. The lowest BCUT2D eigenvalue weighted by molar-refractivity contribution is -0.116. The highest BCUT2D eigenvalue weighted by Gasteiger charge is 2.39. The number of hydrogen-bond donors (Lipinski definition) is 1. The van der Waals surface area contributed by atoms with Crippen molar-refractivity contribution in [2.75, 3.05) is 26.3 Å². The lowest BCUT2D eigenvalue weighted by Crippen LogP contribution is -2.29. The number of ketones is 1. The van der Waals surface area contributed by atoms with Crippen LogP contribution in [0, 0.1) is 13.8 Å². The quantitative estimate of drug-likeness (QED) is 0.490. The molecule has 184 valence electrons. The molecule has 2 atom stereocenters. The molecule has 6 nitrogen and oxygen atoms in total. The number of fused-ring (bicyclic) bond motifs is 2. The number of aryl methyl sites for hydroxylation is 2. The van der Waals surface area contributed by atoms with Gasteiger partial charge in [0.1, 0.15) is 0 Å². The molecule has 1 N–H and O–H groups in total. The summed E-state index contributed by atoms with van der Waals surface area (Å²) in [6.45, 7) is 4.43. The first-order valence-corrected chi connectivity index (χ1v) is 12.2. The molecule has 0 bridgehead atoms. The van der Waals surface area contributed by atoms with Crippen LogP contribution in [0.15, 0.2) is 59.8 Å². The molecule has 0 unspecified atom stereocenters. The highest BCUT2D eigenvalue weighted by molar-refractivity contribution is 6.02. The number of ether oxygens (including phenoxy) is 4. The van der Waals surface area contributed by atoms with Crippen LogP contribution in [0.2, 0.25) is 0 Å². The summed E-state index contributed by atoms with van der Waals surface area (Å²) in [6.07, 6.45) is 1.17. The molecule has 6 rings (SSSR count). The lowest BCUT2D eigenvalue weighted by atomic mass is 9.71. The summed E-state index contributed by atoms with van der Waals surface area (Å²) in [6, 6.07) is 16.4. The second-order valence-electron chi connectivity index (χ2n) is 9.73. The molecule has 3 aliphatic rings. The van der Waals surface area contributed by atoms with Crippen LogP contribution < -0.4 is 24.3 Å². The van der Waals surface area contributed by atoms with Gasteiger partial charge >= 0.3 is 0 Å². The standard InChI is InChI=1S/C30H29NO5/c1-16-5-6-19(9-17(16)2)29-21-13-27-28(36-15-35-27)14-22(21)31-23-10-20(11-24(32)30(23)29)18-7-8-25(33-3)26(12-18)34-4/h5-9,12-14,20,29,31H,10-11,15H2,1-4H3/t20-,29+/m0/s1. The molecular formula is C30H29NO5. The largest absolute Gasteiger partial charge is 0.493 e. The molecule has 0 radical (unpaired) electrons. The zero-order valence-electron chi connectivity index (χ0n) is 20.9. The number of anilines is 1. The molecule has 36 heavy (non-hydrogen) atoms. The Labute approximate surface area is 210 Å². The van der Waals surface area contributed by atoms with Gasteiger partial charge in [-0.3, -0.25) is 4.79 Å². The van der Waals surface area contributed by atoms with Gasteiger partial charge in [-0.15, -0.1) is 0 Å². The Hall–Kier alpha value is -3.93. The number of hydrogen-bond acceptors (Lipinski definition) is 6. The van der Waals surface area contributed by atoms with Gasteiger partial charge in [0.2, 0.25) is 6.79 Å². The molecule has 3 aromatic rings. The minimum atomic E-state index is -0.163. The van der Waals surface area contributed by atoms with Crippen molar-refractivity contribution in [2.24, 2.45) is 0 Å². The van der Waals surface area contributed by atoms with Gasteiger partial charge in [0.15, 0.2) is 28.8 Å². The molecule has 2 aliphatic heterocycles. The van der Waals surface area contributed by atoms with E-state index in [1.165, 1.54) is 11.1 Å². The van der Waals surface area contributed by atoms with Gasteiger partial charge in [-0.25, -0.2) is 0 Å². The zero-order valence-corrected chi connectivity index (χ0v) is 20.9. The fourth-order valence-corrected chi connectivity index (χ4v) is 5.64. The molecule has 3 aromatic carbocycles. The van der Waals surface area contributed by atoms with Gasteiger partial charge in [-0.1, -0.05) is 24.3 Å². The summed E-state index contributed by atoms with van der Waals surface area (Å²) in [5.41, 5.74) is 8.44. The summed E-state index contributed by atoms with van der Waals surface area (Å²) >= 11 is 0. The first-order chi connectivity index (χ1) is 17.5. The van der Waals surface area contributed by atoms with E-state index in [1.807, 2.05) is 30.3 Å². The van der Waals surface area contributed by atoms with Crippen LogP contribution in [0.3, 0.4) is 0 Å². The summed E-state index contributed by atoms with van der Waals surface area (Å²) in [7, 11) is 3.26. The Morgan fingerprint density at radius 2 is 1.58 bits per heavy atom. The molecule has 2 heterocycles. The number of carbonyl (C=O) groups is 1. The number of allylic oxidation sites excluding steroid dienone is 2. The highest BCUT2D eigenvalue weighted by atomic mass is 16.7. The van der Waals surface area contributed by atoms with Crippen molar-refractivity contribution in [3.63, 3.8) is 0 Å². The van der Waals surface area contributed by atoms with E-state index < -0.39 is 0 Å². The Balaban J connectivity index is 1.46. The van der Waals surface area contributed by atoms with Gasteiger partial charge < -0.3 is 24.3 Å². The molecule has 1 aliphatic carbocycles. The summed E-state index contributed by atoms with van der Waals surface area (Å²) < 4.78 is 22.3. The molecule has 0 amide bonds. The SMILES string of the molecule is COc1ccc([C@@H]2CC(=O)C3=C(C2)Nc2cc4c(cc2[C@H]3c2ccc(C)c(C)c2)OCO4)cc1OC. The van der Waals surface area contributed by atoms with E-state index in [4.69, 9.17) is 18.9 Å². The molecule has 0 saturated heterocycles. The van der Waals surface area contributed by atoms with Crippen LogP contribution in [0.1, 0.15) is 52.5 Å². The monoisotopic (exact) mass is 483 g/mol. The Kier molecular flexibility index (Phi) is 5.40. The third-order valence-corrected chi connectivity index (χ3v) is 7.68. The van der Waals surface area contributed by atoms with E-state index in [9.17, 15) is 4.79 Å². The Bertz CT molecular complexity index is 1420. The highest BCUT2D eigenvalue weighted by Crippen LogP contribution is 2.51. The van der Waals surface area contributed by atoms with Crippen molar-refractivity contribution in [3.05, 3.63) is 87.6 Å². The summed E-state index contributed by atoms with van der Waals surface area (Å²) in [5.74, 6) is 2.84. The van der Waals surface area contributed by atoms with Gasteiger partial charge in [0.05, 0.1) is 14.2 Å². The summed E-state index contributed by atoms with van der Waals surface area (Å²) in [5, 5.41) is 3.60. The van der Waals surface area contributed by atoms with E-state index >= 15 is 0 Å². The minimum Gasteiger partial charge on any atom is -0.493 e. The van der Waals surface area contributed by atoms with Crippen LogP contribution in [0.4, 0.5) is 5.69 Å². The maximum absolute atomic E-state index is 13.9. The Morgan fingerprint density at radius 3 is 2.33 bits per heavy atom. The van der Waals surface area contributed by atoms with E-state index in [0.717, 1.165) is 51.6 Å². The summed E-state index contributed by atoms with van der Waals surface area (Å²) in [4.78, 5) is 13.9. The van der Waals surface area contributed by atoms with Crippen molar-refractivity contribution >= 4 is 11.5 Å². The maximum atomic E-state index is 13.9. The van der Waals surface area contributed by atoms with E-state index in [-0.39, 0.29) is 24.4 Å². The molecule has 6 heteroatoms. The van der Waals surface area contributed by atoms with Crippen molar-refractivity contribution in [1.82, 2.24) is 0 Å². The predicted molar refractivity (Wildman–Crippen MR) is 138 cm³/mol. The normalized spacial score (nSPS) is 19.9. The molecular weight excluding hydrogens is 454 g/mol. The smallest absolute Gasteiger partial charge is 0.231 e. The maximum Gasteiger partial charge on any atom is 0.231 e. The fourth-order valence-electron chi connectivity index (χ4n) is 5.64. The van der Waals surface area contributed by atoms with Crippen LogP contribution in [-0.2, 0) is 4.79 Å². The average Bonchev–Trinajstić information content (AvgIpc) is 3.34. The van der Waals surface area contributed by atoms with E-state index in [1.54, 1.807) is 14.2 Å². The van der Waals surface area contributed by atoms with Crippen molar-refractivity contribution in [2.45, 2.75) is 38.5 Å². The predicted octanol–water partition coefficient (Wildman–Crippen LogP) is 6.01. The molecule has 0 fully saturated rings. The fraction of sp³-hybridized carbons (Fsp3) is 0.300. The number of Topliss-reactive ketones (excluding diaryl/α,β-unsaturated/α-hetero) is 1. The third kappa shape index (κ3) is 3.60. The van der Waals surface area contributed by atoms with Gasteiger partial charge in [0.25, 0.3) is 0 Å². The topological polar surface area (TPSA) is 66.0 Å². The van der Waals surface area contributed by atoms with Crippen LogP contribution in [-0.4, -0.2) is 26.8 Å².